The van der Waals surface area contributed by atoms with E-state index in [0.717, 1.165) is 5.56 Å². The van der Waals surface area contributed by atoms with Crippen molar-refractivity contribution in [1.82, 2.24) is 0 Å². The second kappa shape index (κ2) is 4.09. The van der Waals surface area contributed by atoms with Crippen molar-refractivity contribution in [3.8, 4) is 0 Å². The summed E-state index contributed by atoms with van der Waals surface area (Å²) in [7, 11) is 0. The fourth-order valence-electron chi connectivity index (χ4n) is 1.01. The van der Waals surface area contributed by atoms with Gasteiger partial charge in [-0.15, -0.1) is 0 Å². The molecular weight excluding hydrogens is 141 g/mol. The Morgan fingerprint density at radius 2 is 1.91 bits per heavy atom. The summed E-state index contributed by atoms with van der Waals surface area (Å²) in [5.74, 6) is -0.129. The zero-order valence-corrected chi connectivity index (χ0v) is 6.33. The molecule has 1 atom stereocenters. The van der Waals surface area contributed by atoms with E-state index in [-0.39, 0.29) is 12.6 Å². The molecule has 0 spiro atoms. The standard InChI is InChI=1S/C9H12FN/c10-6-9(7-11)8-4-2-1-3-5-8/h1-5,9H,6-7,11H2. The maximum absolute atomic E-state index is 12.3. The van der Waals surface area contributed by atoms with E-state index in [9.17, 15) is 4.39 Å². The minimum Gasteiger partial charge on any atom is -0.330 e. The molecule has 1 nitrogen and oxygen atoms in total. The maximum Gasteiger partial charge on any atom is 0.0975 e. The van der Waals surface area contributed by atoms with E-state index >= 15 is 0 Å². The third-order valence-electron chi connectivity index (χ3n) is 1.74. The summed E-state index contributed by atoms with van der Waals surface area (Å²) in [5.41, 5.74) is 6.36. The second-order valence-corrected chi connectivity index (χ2v) is 2.50. The summed E-state index contributed by atoms with van der Waals surface area (Å²) in [5, 5.41) is 0. The molecule has 11 heavy (non-hydrogen) atoms. The number of halogens is 1. The van der Waals surface area contributed by atoms with Gasteiger partial charge >= 0.3 is 0 Å². The smallest absolute Gasteiger partial charge is 0.0975 e. The Labute approximate surface area is 66.0 Å². The van der Waals surface area contributed by atoms with Crippen LogP contribution in [0.3, 0.4) is 0 Å². The lowest BCUT2D eigenvalue weighted by Gasteiger charge is -2.09. The quantitative estimate of drug-likeness (QED) is 0.702. The van der Waals surface area contributed by atoms with Crippen LogP contribution in [0.4, 0.5) is 4.39 Å². The van der Waals surface area contributed by atoms with E-state index in [1.165, 1.54) is 0 Å². The van der Waals surface area contributed by atoms with Crippen LogP contribution in [0.5, 0.6) is 0 Å². The average Bonchev–Trinajstić information content (AvgIpc) is 2.09. The molecule has 1 unspecified atom stereocenters. The van der Waals surface area contributed by atoms with E-state index in [1.54, 1.807) is 0 Å². The highest BCUT2D eigenvalue weighted by molar-refractivity contribution is 5.19. The Morgan fingerprint density at radius 3 is 2.36 bits per heavy atom. The van der Waals surface area contributed by atoms with Crippen LogP contribution < -0.4 is 5.73 Å². The van der Waals surface area contributed by atoms with Gasteiger partial charge in [-0.3, -0.25) is 4.39 Å². The number of rotatable bonds is 3. The Balaban J connectivity index is 2.74. The van der Waals surface area contributed by atoms with Gasteiger partial charge in [0.1, 0.15) is 0 Å². The molecule has 0 bridgehead atoms. The molecule has 1 aromatic carbocycles. The van der Waals surface area contributed by atoms with Crippen molar-refractivity contribution in [2.45, 2.75) is 5.92 Å². The summed E-state index contributed by atoms with van der Waals surface area (Å²) < 4.78 is 12.3. The molecule has 60 valence electrons. The minimum atomic E-state index is -0.374. The van der Waals surface area contributed by atoms with Crippen LogP contribution in [0.25, 0.3) is 0 Å². The zero-order chi connectivity index (χ0) is 8.10. The predicted molar refractivity (Wildman–Crippen MR) is 44.2 cm³/mol. The molecule has 2 heteroatoms. The minimum absolute atomic E-state index is 0.129. The van der Waals surface area contributed by atoms with Crippen LogP contribution in [0.2, 0.25) is 0 Å². The molecule has 0 aliphatic heterocycles. The molecule has 0 saturated carbocycles. The van der Waals surface area contributed by atoms with E-state index in [0.29, 0.717) is 6.54 Å². The van der Waals surface area contributed by atoms with Gasteiger partial charge in [0, 0.05) is 12.5 Å². The summed E-state index contributed by atoms with van der Waals surface area (Å²) in [6.45, 7) is 0.00102. The van der Waals surface area contributed by atoms with Gasteiger partial charge in [-0.05, 0) is 5.56 Å². The highest BCUT2D eigenvalue weighted by Gasteiger charge is 2.06. The molecule has 0 aromatic heterocycles. The highest BCUT2D eigenvalue weighted by Crippen LogP contribution is 2.13. The van der Waals surface area contributed by atoms with Gasteiger partial charge in [0.05, 0.1) is 6.67 Å². The molecule has 0 saturated heterocycles. The van der Waals surface area contributed by atoms with Crippen LogP contribution in [-0.4, -0.2) is 13.2 Å². The highest BCUT2D eigenvalue weighted by atomic mass is 19.1. The first-order valence-electron chi connectivity index (χ1n) is 3.69. The number of hydrogen-bond donors (Lipinski definition) is 1. The Bertz CT molecular complexity index is 194. The van der Waals surface area contributed by atoms with Crippen LogP contribution in [0.1, 0.15) is 11.5 Å². The maximum atomic E-state index is 12.3. The topological polar surface area (TPSA) is 26.0 Å². The summed E-state index contributed by atoms with van der Waals surface area (Å²) in [4.78, 5) is 0. The zero-order valence-electron chi connectivity index (χ0n) is 6.33. The lowest BCUT2D eigenvalue weighted by Crippen LogP contribution is -2.13. The molecule has 0 aliphatic carbocycles. The largest absolute Gasteiger partial charge is 0.330 e. The molecule has 0 amide bonds. The van der Waals surface area contributed by atoms with E-state index in [2.05, 4.69) is 0 Å². The monoisotopic (exact) mass is 153 g/mol. The fraction of sp³-hybridized carbons (Fsp3) is 0.333. The van der Waals surface area contributed by atoms with Crippen molar-refractivity contribution in [3.63, 3.8) is 0 Å². The summed E-state index contributed by atoms with van der Waals surface area (Å²) >= 11 is 0. The third-order valence-corrected chi connectivity index (χ3v) is 1.74. The van der Waals surface area contributed by atoms with Crippen molar-refractivity contribution in [2.24, 2.45) is 5.73 Å². The molecule has 0 radical (unpaired) electrons. The molecule has 0 aliphatic rings. The van der Waals surface area contributed by atoms with E-state index in [1.807, 2.05) is 30.3 Å². The van der Waals surface area contributed by atoms with Gasteiger partial charge in [0.15, 0.2) is 0 Å². The Morgan fingerprint density at radius 1 is 1.27 bits per heavy atom. The Kier molecular flexibility index (Phi) is 3.05. The second-order valence-electron chi connectivity index (χ2n) is 2.50. The summed E-state index contributed by atoms with van der Waals surface area (Å²) in [6, 6.07) is 9.50. The number of alkyl halides is 1. The van der Waals surface area contributed by atoms with Crippen LogP contribution >= 0.6 is 0 Å². The molecule has 0 fully saturated rings. The molecule has 0 heterocycles. The normalized spacial score (nSPS) is 12.9. The van der Waals surface area contributed by atoms with Crippen LogP contribution in [-0.2, 0) is 0 Å². The van der Waals surface area contributed by atoms with Gasteiger partial charge in [-0.1, -0.05) is 30.3 Å². The molecule has 2 N–H and O–H groups in total. The lowest BCUT2D eigenvalue weighted by atomic mass is 10.0. The van der Waals surface area contributed by atoms with Crippen molar-refractivity contribution >= 4 is 0 Å². The fourth-order valence-corrected chi connectivity index (χ4v) is 1.01. The van der Waals surface area contributed by atoms with Crippen molar-refractivity contribution in [1.29, 1.82) is 0 Å². The van der Waals surface area contributed by atoms with Gasteiger partial charge in [-0.25, -0.2) is 0 Å². The summed E-state index contributed by atoms with van der Waals surface area (Å²) in [6.07, 6.45) is 0. The van der Waals surface area contributed by atoms with Crippen molar-refractivity contribution in [3.05, 3.63) is 35.9 Å². The average molecular weight is 153 g/mol. The number of benzene rings is 1. The molecule has 1 aromatic rings. The number of nitrogens with two attached hydrogens (primary N) is 1. The third kappa shape index (κ3) is 2.02. The van der Waals surface area contributed by atoms with Gasteiger partial charge in [0.2, 0.25) is 0 Å². The molecular formula is C9H12FN. The van der Waals surface area contributed by atoms with Crippen molar-refractivity contribution in [2.75, 3.05) is 13.2 Å². The first kappa shape index (κ1) is 8.21. The lowest BCUT2D eigenvalue weighted by molar-refractivity contribution is 0.434. The van der Waals surface area contributed by atoms with E-state index in [4.69, 9.17) is 5.73 Å². The first-order valence-corrected chi connectivity index (χ1v) is 3.69. The van der Waals surface area contributed by atoms with Gasteiger partial charge in [0.25, 0.3) is 0 Å². The SMILES string of the molecule is NCC(CF)c1ccccc1. The van der Waals surface area contributed by atoms with Crippen LogP contribution in [0.15, 0.2) is 30.3 Å². The Hall–Kier alpha value is -0.890. The van der Waals surface area contributed by atoms with E-state index < -0.39 is 0 Å². The van der Waals surface area contributed by atoms with Gasteiger partial charge < -0.3 is 5.73 Å². The van der Waals surface area contributed by atoms with Crippen LogP contribution in [0, 0.1) is 0 Å². The first-order chi connectivity index (χ1) is 5.38. The predicted octanol–water partition coefficient (Wildman–Crippen LogP) is 1.70. The van der Waals surface area contributed by atoms with Gasteiger partial charge in [-0.2, -0.15) is 0 Å². The number of hydrogen-bond acceptors (Lipinski definition) is 1. The van der Waals surface area contributed by atoms with Crippen molar-refractivity contribution < 1.29 is 4.39 Å². The molecule has 1 rings (SSSR count).